The van der Waals surface area contributed by atoms with Gasteiger partial charge in [-0.25, -0.2) is 9.37 Å². The first kappa shape index (κ1) is 23.4. The van der Waals surface area contributed by atoms with Crippen molar-refractivity contribution < 1.29 is 18.8 Å². The lowest BCUT2D eigenvalue weighted by atomic mass is 10.1. The van der Waals surface area contributed by atoms with Crippen LogP contribution in [-0.2, 0) is 14.4 Å². The molecule has 3 aromatic rings. The Bertz CT molecular complexity index is 1130. The standard InChI is InChI=1S/C22H21FN4O3S2/c1-13-3-5-15(6-4-13)25-20(29)11-31-12-21(30)27-22-26-19(10-32-22)17-8-7-16(9-18(17)23)24-14(2)28/h3-10H,11-12H2,1-2H3,(H,24,28)(H,25,29)(H,26,27,30). The lowest BCUT2D eigenvalue weighted by molar-refractivity contribution is -0.115. The Labute approximate surface area is 192 Å². The zero-order valence-electron chi connectivity index (χ0n) is 17.4. The van der Waals surface area contributed by atoms with E-state index < -0.39 is 5.82 Å². The van der Waals surface area contributed by atoms with Crippen molar-refractivity contribution in [2.45, 2.75) is 13.8 Å². The molecule has 1 heterocycles. The Morgan fingerprint density at radius 3 is 2.28 bits per heavy atom. The summed E-state index contributed by atoms with van der Waals surface area (Å²) in [5, 5.41) is 9.91. The van der Waals surface area contributed by atoms with Gasteiger partial charge in [0.1, 0.15) is 5.82 Å². The number of carbonyl (C=O) groups is 3. The van der Waals surface area contributed by atoms with E-state index in [1.165, 1.54) is 42.2 Å². The number of anilines is 3. The van der Waals surface area contributed by atoms with E-state index in [-0.39, 0.29) is 34.8 Å². The highest BCUT2D eigenvalue weighted by Gasteiger charge is 2.13. The van der Waals surface area contributed by atoms with E-state index in [9.17, 15) is 18.8 Å². The smallest absolute Gasteiger partial charge is 0.236 e. The maximum absolute atomic E-state index is 14.4. The van der Waals surface area contributed by atoms with Crippen molar-refractivity contribution >= 4 is 57.3 Å². The monoisotopic (exact) mass is 472 g/mol. The summed E-state index contributed by atoms with van der Waals surface area (Å²) in [6.07, 6.45) is 0. The molecule has 32 heavy (non-hydrogen) atoms. The van der Waals surface area contributed by atoms with Crippen molar-refractivity contribution in [3.05, 3.63) is 59.2 Å². The first-order valence-corrected chi connectivity index (χ1v) is 11.6. The zero-order valence-corrected chi connectivity index (χ0v) is 19.0. The normalized spacial score (nSPS) is 10.5. The van der Waals surface area contributed by atoms with Gasteiger partial charge in [-0.05, 0) is 37.3 Å². The van der Waals surface area contributed by atoms with E-state index in [0.717, 1.165) is 5.56 Å². The second kappa shape index (κ2) is 10.9. The molecule has 0 atom stereocenters. The first-order valence-electron chi connectivity index (χ1n) is 9.57. The van der Waals surface area contributed by atoms with Gasteiger partial charge in [0.15, 0.2) is 5.13 Å². The Hall–Kier alpha value is -3.24. The fourth-order valence-corrected chi connectivity index (χ4v) is 4.03. The van der Waals surface area contributed by atoms with Gasteiger partial charge in [0.05, 0.1) is 17.2 Å². The molecule has 3 amide bonds. The van der Waals surface area contributed by atoms with Gasteiger partial charge < -0.3 is 16.0 Å². The largest absolute Gasteiger partial charge is 0.326 e. The van der Waals surface area contributed by atoms with Gasteiger partial charge in [-0.1, -0.05) is 17.7 Å². The van der Waals surface area contributed by atoms with Crippen LogP contribution in [0.3, 0.4) is 0 Å². The van der Waals surface area contributed by atoms with E-state index in [1.54, 1.807) is 11.4 Å². The molecule has 0 aliphatic heterocycles. The van der Waals surface area contributed by atoms with Gasteiger partial charge in [0.25, 0.3) is 0 Å². The molecule has 0 bridgehead atoms. The molecule has 166 valence electrons. The molecular weight excluding hydrogens is 451 g/mol. The average molecular weight is 473 g/mol. The van der Waals surface area contributed by atoms with Crippen LogP contribution in [0.1, 0.15) is 12.5 Å². The van der Waals surface area contributed by atoms with Crippen LogP contribution < -0.4 is 16.0 Å². The predicted octanol–water partition coefficient (Wildman–Crippen LogP) is 4.53. The van der Waals surface area contributed by atoms with Crippen molar-refractivity contribution in [1.29, 1.82) is 0 Å². The summed E-state index contributed by atoms with van der Waals surface area (Å²) in [7, 11) is 0. The Morgan fingerprint density at radius 2 is 1.62 bits per heavy atom. The van der Waals surface area contributed by atoms with Crippen LogP contribution in [0.4, 0.5) is 20.9 Å². The van der Waals surface area contributed by atoms with Crippen LogP contribution in [0.2, 0.25) is 0 Å². The van der Waals surface area contributed by atoms with Crippen molar-refractivity contribution in [2.24, 2.45) is 0 Å². The number of benzene rings is 2. The molecule has 3 rings (SSSR count). The minimum Gasteiger partial charge on any atom is -0.326 e. The summed E-state index contributed by atoms with van der Waals surface area (Å²) >= 11 is 2.35. The van der Waals surface area contributed by atoms with Crippen LogP contribution in [0.25, 0.3) is 11.3 Å². The zero-order chi connectivity index (χ0) is 23.1. The van der Waals surface area contributed by atoms with E-state index in [4.69, 9.17) is 0 Å². The molecule has 0 radical (unpaired) electrons. The highest BCUT2D eigenvalue weighted by Crippen LogP contribution is 2.28. The lowest BCUT2D eigenvalue weighted by Gasteiger charge is -2.06. The quantitative estimate of drug-likeness (QED) is 0.447. The third-order valence-electron chi connectivity index (χ3n) is 4.12. The number of halogens is 1. The van der Waals surface area contributed by atoms with Crippen LogP contribution in [0, 0.1) is 12.7 Å². The third kappa shape index (κ3) is 6.89. The Balaban J connectivity index is 1.47. The minimum atomic E-state index is -0.533. The molecule has 1 aromatic heterocycles. The van der Waals surface area contributed by atoms with Crippen molar-refractivity contribution in [2.75, 3.05) is 27.5 Å². The molecular formula is C22H21FN4O3S2. The van der Waals surface area contributed by atoms with Crippen molar-refractivity contribution in [1.82, 2.24) is 4.98 Å². The highest BCUT2D eigenvalue weighted by molar-refractivity contribution is 8.00. The van der Waals surface area contributed by atoms with Gasteiger partial charge in [0.2, 0.25) is 17.7 Å². The van der Waals surface area contributed by atoms with E-state index >= 15 is 0 Å². The number of carbonyl (C=O) groups excluding carboxylic acids is 3. The van der Waals surface area contributed by atoms with Gasteiger partial charge in [0, 0.05) is 29.2 Å². The highest BCUT2D eigenvalue weighted by atomic mass is 32.2. The van der Waals surface area contributed by atoms with Crippen LogP contribution in [0.5, 0.6) is 0 Å². The molecule has 3 N–H and O–H groups in total. The number of aromatic nitrogens is 1. The number of rotatable bonds is 8. The molecule has 2 aromatic carbocycles. The number of thioether (sulfide) groups is 1. The summed E-state index contributed by atoms with van der Waals surface area (Å²) < 4.78 is 14.4. The SMILES string of the molecule is CC(=O)Nc1ccc(-c2csc(NC(=O)CSCC(=O)Nc3ccc(C)cc3)n2)c(F)c1. The number of aryl methyl sites for hydroxylation is 1. The van der Waals surface area contributed by atoms with Gasteiger partial charge in [-0.3, -0.25) is 14.4 Å². The lowest BCUT2D eigenvalue weighted by Crippen LogP contribution is -2.18. The summed E-state index contributed by atoms with van der Waals surface area (Å²) in [5.74, 6) is -1.11. The van der Waals surface area contributed by atoms with E-state index in [2.05, 4.69) is 20.9 Å². The Kier molecular flexibility index (Phi) is 7.96. The second-order valence-electron chi connectivity index (χ2n) is 6.87. The average Bonchev–Trinajstić information content (AvgIpc) is 3.17. The van der Waals surface area contributed by atoms with Crippen LogP contribution >= 0.6 is 23.1 Å². The second-order valence-corrected chi connectivity index (χ2v) is 8.71. The molecule has 0 aliphatic rings. The maximum atomic E-state index is 14.4. The van der Waals surface area contributed by atoms with Crippen molar-refractivity contribution in [3.8, 4) is 11.3 Å². The number of thiazole rings is 1. The number of nitrogens with one attached hydrogen (secondary N) is 3. The molecule has 0 aliphatic carbocycles. The Morgan fingerprint density at radius 1 is 0.969 bits per heavy atom. The van der Waals surface area contributed by atoms with E-state index in [1.807, 2.05) is 31.2 Å². The van der Waals surface area contributed by atoms with E-state index in [0.29, 0.717) is 22.2 Å². The number of nitrogens with zero attached hydrogens (tertiary/aromatic N) is 1. The fourth-order valence-electron chi connectivity index (χ4n) is 2.68. The topological polar surface area (TPSA) is 100 Å². The molecule has 0 saturated heterocycles. The van der Waals surface area contributed by atoms with Crippen LogP contribution in [-0.4, -0.2) is 34.2 Å². The molecule has 10 heteroatoms. The summed E-state index contributed by atoms with van der Waals surface area (Å²) in [6.45, 7) is 3.31. The predicted molar refractivity (Wildman–Crippen MR) is 128 cm³/mol. The molecule has 0 spiro atoms. The molecule has 7 nitrogen and oxygen atoms in total. The first-order chi connectivity index (χ1) is 15.3. The fraction of sp³-hybridized carbons (Fsp3) is 0.182. The summed E-state index contributed by atoms with van der Waals surface area (Å²) in [5.41, 5.74) is 2.80. The number of hydrogen-bond donors (Lipinski definition) is 3. The molecule has 0 unspecified atom stereocenters. The van der Waals surface area contributed by atoms with Crippen LogP contribution in [0.15, 0.2) is 47.8 Å². The molecule has 0 fully saturated rings. The number of hydrogen-bond acceptors (Lipinski definition) is 6. The summed E-state index contributed by atoms with van der Waals surface area (Å²) in [6, 6.07) is 11.8. The van der Waals surface area contributed by atoms with Gasteiger partial charge in [-0.2, -0.15) is 0 Å². The van der Waals surface area contributed by atoms with Gasteiger partial charge >= 0.3 is 0 Å². The minimum absolute atomic E-state index is 0.0794. The van der Waals surface area contributed by atoms with Crippen molar-refractivity contribution in [3.63, 3.8) is 0 Å². The molecule has 0 saturated carbocycles. The van der Waals surface area contributed by atoms with Gasteiger partial charge in [-0.15, -0.1) is 23.1 Å². The maximum Gasteiger partial charge on any atom is 0.236 e. The third-order valence-corrected chi connectivity index (χ3v) is 5.81. The summed E-state index contributed by atoms with van der Waals surface area (Å²) in [4.78, 5) is 39.4. The number of amides is 3.